The van der Waals surface area contributed by atoms with E-state index in [-0.39, 0.29) is 12.2 Å². The standard InChI is InChI=1S/C19H22O7/c1-4-23-14-6-5-12(9-24-11(3)20)7-15-17(10(2)18(21)25-15)16-8-13(14)19(22)26-16/h7-8,14-17H,2,4-6,9H2,1,3H3/b12-7+. The third kappa shape index (κ3) is 3.58. The zero-order valence-electron chi connectivity index (χ0n) is 14.9. The highest BCUT2D eigenvalue weighted by atomic mass is 16.6. The van der Waals surface area contributed by atoms with Gasteiger partial charge in [0.25, 0.3) is 0 Å². The van der Waals surface area contributed by atoms with Crippen LogP contribution in [0.1, 0.15) is 26.7 Å². The van der Waals surface area contributed by atoms with Crippen LogP contribution >= 0.6 is 0 Å². The Labute approximate surface area is 151 Å². The smallest absolute Gasteiger partial charge is 0.337 e. The first-order chi connectivity index (χ1) is 12.4. The molecule has 3 aliphatic rings. The molecule has 1 saturated heterocycles. The Bertz CT molecular complexity index is 703. The number of esters is 3. The van der Waals surface area contributed by atoms with Gasteiger partial charge in [0.15, 0.2) is 0 Å². The van der Waals surface area contributed by atoms with Gasteiger partial charge >= 0.3 is 17.9 Å². The first-order valence-electron chi connectivity index (χ1n) is 8.67. The summed E-state index contributed by atoms with van der Waals surface area (Å²) in [5, 5.41) is 0. The molecule has 1 aliphatic carbocycles. The van der Waals surface area contributed by atoms with Crippen molar-refractivity contribution in [1.29, 1.82) is 0 Å². The molecule has 7 heteroatoms. The van der Waals surface area contributed by atoms with Crippen molar-refractivity contribution in [1.82, 2.24) is 0 Å². The third-order valence-corrected chi connectivity index (χ3v) is 4.74. The minimum atomic E-state index is -0.631. The van der Waals surface area contributed by atoms with Gasteiger partial charge in [-0.1, -0.05) is 6.58 Å². The quantitative estimate of drug-likeness (QED) is 0.325. The minimum absolute atomic E-state index is 0.0972. The molecular formula is C19H22O7. The van der Waals surface area contributed by atoms with Crippen molar-refractivity contribution in [2.75, 3.05) is 13.2 Å². The van der Waals surface area contributed by atoms with Crippen LogP contribution < -0.4 is 0 Å². The number of carbonyl (C=O) groups is 3. The van der Waals surface area contributed by atoms with Gasteiger partial charge < -0.3 is 18.9 Å². The summed E-state index contributed by atoms with van der Waals surface area (Å²) in [6.07, 6.45) is 2.89. The summed E-state index contributed by atoms with van der Waals surface area (Å²) in [4.78, 5) is 35.5. The second kappa shape index (κ2) is 7.45. The van der Waals surface area contributed by atoms with Gasteiger partial charge in [0.1, 0.15) is 18.8 Å². The number of hydrogen-bond acceptors (Lipinski definition) is 7. The number of carbonyl (C=O) groups excluding carboxylic acids is 3. The van der Waals surface area contributed by atoms with E-state index in [1.165, 1.54) is 6.92 Å². The van der Waals surface area contributed by atoms with Crippen LogP contribution in [-0.2, 0) is 33.3 Å². The summed E-state index contributed by atoms with van der Waals surface area (Å²) in [6.45, 7) is 7.54. The van der Waals surface area contributed by atoms with E-state index < -0.39 is 42.1 Å². The Balaban J connectivity index is 1.95. The van der Waals surface area contributed by atoms with Crippen molar-refractivity contribution in [3.8, 4) is 0 Å². The van der Waals surface area contributed by atoms with Crippen molar-refractivity contribution >= 4 is 17.9 Å². The molecule has 1 fully saturated rings. The molecule has 0 N–H and O–H groups in total. The van der Waals surface area contributed by atoms with Gasteiger partial charge in [0.2, 0.25) is 0 Å². The van der Waals surface area contributed by atoms with Gasteiger partial charge in [0.05, 0.1) is 17.6 Å². The lowest BCUT2D eigenvalue weighted by Gasteiger charge is -2.21. The van der Waals surface area contributed by atoms with Gasteiger partial charge in [-0.3, -0.25) is 4.79 Å². The number of fused-ring (bicyclic) bond motifs is 3. The molecule has 4 unspecified atom stereocenters. The Hall–Kier alpha value is -2.41. The van der Waals surface area contributed by atoms with Gasteiger partial charge in [-0.15, -0.1) is 0 Å². The van der Waals surface area contributed by atoms with E-state index in [0.717, 1.165) is 5.57 Å². The highest BCUT2D eigenvalue weighted by Crippen LogP contribution is 2.38. The van der Waals surface area contributed by atoms with E-state index in [1.54, 1.807) is 12.2 Å². The molecule has 0 radical (unpaired) electrons. The summed E-state index contributed by atoms with van der Waals surface area (Å²) < 4.78 is 21.7. The second-order valence-corrected chi connectivity index (χ2v) is 6.50. The van der Waals surface area contributed by atoms with Crippen molar-refractivity contribution in [2.45, 2.75) is 45.0 Å². The molecule has 2 bridgehead atoms. The van der Waals surface area contributed by atoms with Gasteiger partial charge in [-0.05, 0) is 37.5 Å². The second-order valence-electron chi connectivity index (χ2n) is 6.50. The molecule has 4 atom stereocenters. The predicted molar refractivity (Wildman–Crippen MR) is 89.8 cm³/mol. The topological polar surface area (TPSA) is 88.1 Å². The van der Waals surface area contributed by atoms with Crippen molar-refractivity contribution in [3.05, 3.63) is 35.5 Å². The van der Waals surface area contributed by atoms with Crippen molar-refractivity contribution in [2.24, 2.45) is 5.92 Å². The summed E-state index contributed by atoms with van der Waals surface area (Å²) in [6, 6.07) is 0. The highest BCUT2D eigenvalue weighted by Gasteiger charge is 2.47. The Kier molecular flexibility index (Phi) is 5.27. The minimum Gasteiger partial charge on any atom is -0.461 e. The van der Waals surface area contributed by atoms with Crippen LogP contribution in [0, 0.1) is 5.92 Å². The van der Waals surface area contributed by atoms with E-state index in [4.69, 9.17) is 18.9 Å². The van der Waals surface area contributed by atoms with E-state index in [2.05, 4.69) is 6.58 Å². The summed E-state index contributed by atoms with van der Waals surface area (Å²) in [5.74, 6) is -1.85. The molecule has 2 aliphatic heterocycles. The summed E-state index contributed by atoms with van der Waals surface area (Å²) in [5.41, 5.74) is 1.52. The fourth-order valence-corrected chi connectivity index (χ4v) is 3.49. The first kappa shape index (κ1) is 18.4. The summed E-state index contributed by atoms with van der Waals surface area (Å²) in [7, 11) is 0. The normalized spacial score (nSPS) is 32.8. The van der Waals surface area contributed by atoms with E-state index >= 15 is 0 Å². The number of ether oxygens (including phenoxy) is 4. The monoisotopic (exact) mass is 362 g/mol. The van der Waals surface area contributed by atoms with Crippen LogP contribution in [0.15, 0.2) is 35.5 Å². The Morgan fingerprint density at radius 1 is 1.23 bits per heavy atom. The van der Waals surface area contributed by atoms with Crippen LogP contribution in [0.2, 0.25) is 0 Å². The molecule has 2 heterocycles. The summed E-state index contributed by atoms with van der Waals surface area (Å²) >= 11 is 0. The molecule has 0 aromatic heterocycles. The van der Waals surface area contributed by atoms with Crippen LogP contribution in [0.25, 0.3) is 0 Å². The Morgan fingerprint density at radius 2 is 1.92 bits per heavy atom. The molecule has 0 saturated carbocycles. The molecule has 0 spiro atoms. The van der Waals surface area contributed by atoms with E-state index in [0.29, 0.717) is 25.0 Å². The van der Waals surface area contributed by atoms with Crippen LogP contribution in [0.3, 0.4) is 0 Å². The van der Waals surface area contributed by atoms with E-state index in [9.17, 15) is 14.4 Å². The number of hydrogen-bond donors (Lipinski definition) is 0. The molecule has 0 amide bonds. The Morgan fingerprint density at radius 3 is 2.62 bits per heavy atom. The maximum absolute atomic E-state index is 12.3. The van der Waals surface area contributed by atoms with Crippen molar-refractivity contribution in [3.63, 3.8) is 0 Å². The lowest BCUT2D eigenvalue weighted by molar-refractivity contribution is -0.143. The van der Waals surface area contributed by atoms with Crippen LogP contribution in [0.4, 0.5) is 0 Å². The van der Waals surface area contributed by atoms with Crippen LogP contribution in [-0.4, -0.2) is 49.4 Å². The fourth-order valence-electron chi connectivity index (χ4n) is 3.49. The third-order valence-electron chi connectivity index (χ3n) is 4.74. The highest BCUT2D eigenvalue weighted by molar-refractivity contribution is 5.94. The number of rotatable bonds is 4. The maximum atomic E-state index is 12.3. The molecule has 26 heavy (non-hydrogen) atoms. The fraction of sp³-hybridized carbons (Fsp3) is 0.526. The molecule has 140 valence electrons. The van der Waals surface area contributed by atoms with Gasteiger partial charge in [-0.2, -0.15) is 0 Å². The van der Waals surface area contributed by atoms with Crippen molar-refractivity contribution < 1.29 is 33.3 Å². The van der Waals surface area contributed by atoms with E-state index in [1.807, 2.05) is 6.92 Å². The molecule has 7 nitrogen and oxygen atoms in total. The largest absolute Gasteiger partial charge is 0.461 e. The van der Waals surface area contributed by atoms with Crippen LogP contribution in [0.5, 0.6) is 0 Å². The first-order valence-corrected chi connectivity index (χ1v) is 8.67. The van der Waals surface area contributed by atoms with Gasteiger partial charge in [0, 0.05) is 19.1 Å². The average Bonchev–Trinajstić information content (AvgIpc) is 3.08. The lowest BCUT2D eigenvalue weighted by Crippen LogP contribution is -2.28. The maximum Gasteiger partial charge on any atom is 0.337 e. The average molecular weight is 362 g/mol. The molecular weight excluding hydrogens is 340 g/mol. The molecule has 0 aromatic rings. The predicted octanol–water partition coefficient (Wildman–Crippen LogP) is 1.62. The SMILES string of the molecule is C=C1C(=O)OC2/C=C(/COC(C)=O)CCC(OCC)C3=CC(OC3=O)C12. The zero-order chi connectivity index (χ0) is 18.8. The van der Waals surface area contributed by atoms with Gasteiger partial charge in [-0.25, -0.2) is 9.59 Å². The molecule has 0 aromatic carbocycles. The zero-order valence-corrected chi connectivity index (χ0v) is 14.9. The lowest BCUT2D eigenvalue weighted by atomic mass is 9.87. The molecule has 3 rings (SSSR count).